The third-order valence-corrected chi connectivity index (χ3v) is 9.03. The smallest absolute Gasteiger partial charge is 0.161 e. The number of nitrogens with zero attached hydrogens (tertiary/aromatic N) is 2. The second-order valence-corrected chi connectivity index (χ2v) is 19.1. The number of benzene rings is 3. The number of phenols is 2. The summed E-state index contributed by atoms with van der Waals surface area (Å²) in [7, 11) is 0. The monoisotopic (exact) mass is 726 g/mol. The van der Waals surface area contributed by atoms with E-state index in [0.717, 1.165) is 33.9 Å². The third-order valence-electron chi connectivity index (χ3n) is 9.03. The molecule has 0 aliphatic heterocycles. The van der Waals surface area contributed by atoms with Gasteiger partial charge in [0.25, 0.3) is 0 Å². The minimum atomic E-state index is -0.169. The Kier molecular flexibility index (Phi) is 14.6. The van der Waals surface area contributed by atoms with Crippen LogP contribution in [0, 0.1) is 0 Å². The number of hydrogen-bond acceptors (Lipinski definition) is 4. The van der Waals surface area contributed by atoms with Crippen LogP contribution in [-0.4, -0.2) is 21.6 Å². The summed E-state index contributed by atoms with van der Waals surface area (Å²) >= 11 is 0. The van der Waals surface area contributed by atoms with Crippen LogP contribution in [0.1, 0.15) is 171 Å². The second-order valence-electron chi connectivity index (χ2n) is 19.1. The van der Waals surface area contributed by atoms with Crippen LogP contribution in [-0.2, 0) is 43.6 Å². The Balaban J connectivity index is 0.000000618. The maximum atomic E-state index is 10.0. The van der Waals surface area contributed by atoms with Gasteiger partial charge in [0.1, 0.15) is 0 Å². The topological polar surface area (TPSA) is 65.2 Å². The van der Waals surface area contributed by atoms with E-state index >= 15 is 0 Å². The molecule has 3 aromatic carbocycles. The molecule has 0 aliphatic carbocycles. The number of aliphatic imine (C=N–C) groups is 2. The standard InChI is InChI=1S/C31H46N2.C14H22O2.Ni/c1-20(2)24-15-14-16-26(31(11,12)13)28(24)33-22(4)21(3)32-27-19-23(29(5,6)7)17-18-25(27)30(8,9)10;1-13(2,3)9-7-8-10(14(4,5)6)12(16)11(9)15;/h14-20H,1-13H3;7-8,15-16H,1-6H3;. The van der Waals surface area contributed by atoms with Crippen molar-refractivity contribution in [1.29, 1.82) is 0 Å². The average Bonchev–Trinajstić information content (AvgIpc) is 2.91. The Morgan fingerprint density at radius 1 is 0.520 bits per heavy atom. The van der Waals surface area contributed by atoms with Crippen molar-refractivity contribution in [2.45, 2.75) is 165 Å². The summed E-state index contributed by atoms with van der Waals surface area (Å²) in [5.41, 5.74) is 10.6. The van der Waals surface area contributed by atoms with Crippen LogP contribution < -0.4 is 0 Å². The van der Waals surface area contributed by atoms with Gasteiger partial charge < -0.3 is 10.2 Å². The maximum absolute atomic E-state index is 10.0. The molecule has 0 heterocycles. The van der Waals surface area contributed by atoms with Crippen LogP contribution in [0.4, 0.5) is 11.4 Å². The molecule has 0 atom stereocenters. The Morgan fingerprint density at radius 3 is 1.30 bits per heavy atom. The van der Waals surface area contributed by atoms with Gasteiger partial charge in [0.05, 0.1) is 22.8 Å². The minimum Gasteiger partial charge on any atom is -0.504 e. The van der Waals surface area contributed by atoms with Crippen LogP contribution >= 0.6 is 0 Å². The fourth-order valence-corrected chi connectivity index (χ4v) is 5.78. The van der Waals surface area contributed by atoms with Crippen molar-refractivity contribution < 1.29 is 26.7 Å². The maximum Gasteiger partial charge on any atom is 0.161 e. The molecule has 50 heavy (non-hydrogen) atoms. The van der Waals surface area contributed by atoms with Crippen molar-refractivity contribution in [2.24, 2.45) is 9.98 Å². The first-order valence-corrected chi connectivity index (χ1v) is 17.9. The van der Waals surface area contributed by atoms with Gasteiger partial charge in [0.15, 0.2) is 11.5 Å². The largest absolute Gasteiger partial charge is 0.504 e. The molecular weight excluding hydrogens is 659 g/mol. The first-order valence-electron chi connectivity index (χ1n) is 17.9. The van der Waals surface area contributed by atoms with Crippen molar-refractivity contribution in [2.75, 3.05) is 0 Å². The molecular formula is C45H68N2NiO2. The fraction of sp³-hybridized carbons (Fsp3) is 0.556. The van der Waals surface area contributed by atoms with E-state index in [0.29, 0.717) is 5.92 Å². The number of rotatable bonds is 4. The van der Waals surface area contributed by atoms with Crippen molar-refractivity contribution in [3.8, 4) is 11.5 Å². The normalized spacial score (nSPS) is 13.5. The van der Waals surface area contributed by atoms with Gasteiger partial charge in [-0.05, 0) is 75.2 Å². The van der Waals surface area contributed by atoms with E-state index in [9.17, 15) is 10.2 Å². The molecule has 0 amide bonds. The predicted octanol–water partition coefficient (Wildman–Crippen LogP) is 13.3. The Bertz CT molecular complexity index is 1640. The van der Waals surface area contributed by atoms with Crippen LogP contribution in [0.2, 0.25) is 0 Å². The van der Waals surface area contributed by atoms with Crippen LogP contribution in [0.15, 0.2) is 58.5 Å². The number of para-hydroxylation sites is 1. The van der Waals surface area contributed by atoms with Crippen molar-refractivity contribution in [3.05, 3.63) is 81.9 Å². The average molecular weight is 728 g/mol. The third kappa shape index (κ3) is 11.6. The molecule has 0 unspecified atom stereocenters. The molecule has 0 saturated carbocycles. The van der Waals surface area contributed by atoms with Crippen LogP contribution in [0.3, 0.4) is 0 Å². The van der Waals surface area contributed by atoms with E-state index < -0.39 is 0 Å². The SMILES string of the molecule is CC(=Nc1cc(C(C)(C)C)ccc1C(C)(C)C)C(C)=Nc1c(C(C)C)cccc1C(C)(C)C.CC(C)(C)c1ccc(C(C)(C)C)c(O)c1O.[Ni]. The van der Waals surface area contributed by atoms with E-state index in [1.807, 2.05) is 53.7 Å². The number of aromatic hydroxyl groups is 2. The molecule has 0 aliphatic rings. The summed E-state index contributed by atoms with van der Waals surface area (Å²) in [4.78, 5) is 10.3. The van der Waals surface area contributed by atoms with Crippen molar-refractivity contribution >= 4 is 22.8 Å². The number of phenolic OH excluding ortho intramolecular Hbond substituents is 2. The minimum absolute atomic E-state index is 0. The molecule has 3 aromatic rings. The summed E-state index contributed by atoms with van der Waals surface area (Å²) in [6.45, 7) is 41.0. The molecule has 5 heteroatoms. The van der Waals surface area contributed by atoms with E-state index in [1.54, 1.807) is 0 Å². The van der Waals surface area contributed by atoms with Gasteiger partial charge in [-0.3, -0.25) is 9.98 Å². The van der Waals surface area contributed by atoms with Gasteiger partial charge in [0.2, 0.25) is 0 Å². The van der Waals surface area contributed by atoms with Gasteiger partial charge in [-0.25, -0.2) is 0 Å². The first-order chi connectivity index (χ1) is 22.0. The van der Waals surface area contributed by atoms with Gasteiger partial charge in [0, 0.05) is 27.6 Å². The molecule has 2 N–H and O–H groups in total. The molecule has 4 nitrogen and oxygen atoms in total. The zero-order valence-electron chi connectivity index (χ0n) is 34.8. The zero-order valence-corrected chi connectivity index (χ0v) is 35.8. The molecule has 0 aromatic heterocycles. The molecule has 0 saturated heterocycles. The molecule has 280 valence electrons. The Morgan fingerprint density at radius 2 is 0.920 bits per heavy atom. The molecule has 3 rings (SSSR count). The van der Waals surface area contributed by atoms with E-state index in [2.05, 4.69) is 126 Å². The van der Waals surface area contributed by atoms with Crippen molar-refractivity contribution in [3.63, 3.8) is 0 Å². The summed E-state index contributed by atoms with van der Waals surface area (Å²) in [6, 6.07) is 17.2. The van der Waals surface area contributed by atoms with Crippen molar-refractivity contribution in [1.82, 2.24) is 0 Å². The summed E-state index contributed by atoms with van der Waals surface area (Å²) < 4.78 is 0. The van der Waals surface area contributed by atoms with E-state index in [-0.39, 0.29) is 55.1 Å². The van der Waals surface area contributed by atoms with Gasteiger partial charge in [-0.15, -0.1) is 0 Å². The quantitative estimate of drug-likeness (QED) is 0.160. The van der Waals surface area contributed by atoms with Crippen LogP contribution in [0.5, 0.6) is 11.5 Å². The fourth-order valence-electron chi connectivity index (χ4n) is 5.78. The Hall–Kier alpha value is -2.91. The zero-order chi connectivity index (χ0) is 38.1. The predicted molar refractivity (Wildman–Crippen MR) is 216 cm³/mol. The van der Waals surface area contributed by atoms with E-state index in [4.69, 9.17) is 9.98 Å². The molecule has 0 spiro atoms. The molecule has 0 radical (unpaired) electrons. The van der Waals surface area contributed by atoms with Gasteiger partial charge >= 0.3 is 0 Å². The summed E-state index contributed by atoms with van der Waals surface area (Å²) in [5.74, 6) is 0.437. The summed E-state index contributed by atoms with van der Waals surface area (Å²) in [6.07, 6.45) is 0. The van der Waals surface area contributed by atoms with E-state index in [1.165, 1.54) is 22.3 Å². The summed E-state index contributed by atoms with van der Waals surface area (Å²) in [5, 5.41) is 20.1. The van der Waals surface area contributed by atoms with Gasteiger partial charge in [-0.2, -0.15) is 0 Å². The number of hydrogen-bond donors (Lipinski definition) is 2. The molecule has 0 fully saturated rings. The first kappa shape index (κ1) is 45.1. The molecule has 0 bridgehead atoms. The van der Waals surface area contributed by atoms with Gasteiger partial charge in [-0.1, -0.05) is 160 Å². The Labute approximate surface area is 316 Å². The second kappa shape index (κ2) is 16.2. The van der Waals surface area contributed by atoms with Crippen LogP contribution in [0.25, 0.3) is 0 Å².